The van der Waals surface area contributed by atoms with E-state index in [1.807, 2.05) is 97.1 Å². The largest absolute Gasteiger partial charge is 0.384 e. The fraction of sp³-hybridized carbons (Fsp3) is 0.0345. The summed E-state index contributed by atoms with van der Waals surface area (Å²) in [6, 6.07) is 34.3. The molecular formula is C29H27Br2ClN6O. The van der Waals surface area contributed by atoms with Crippen LogP contribution in [0.5, 0.6) is 0 Å². The van der Waals surface area contributed by atoms with E-state index < -0.39 is 0 Å². The van der Waals surface area contributed by atoms with E-state index >= 15 is 0 Å². The van der Waals surface area contributed by atoms with E-state index in [0.29, 0.717) is 11.4 Å². The van der Waals surface area contributed by atoms with Crippen molar-refractivity contribution in [2.75, 3.05) is 6.54 Å². The number of hydrogen-bond donors (Lipinski definition) is 4. The minimum absolute atomic E-state index is 0. The van der Waals surface area contributed by atoms with E-state index in [1.54, 1.807) is 12.1 Å². The van der Waals surface area contributed by atoms with Crippen LogP contribution in [0.1, 0.15) is 15.9 Å². The van der Waals surface area contributed by atoms with Crippen LogP contribution in [-0.2, 0) is 0 Å². The van der Waals surface area contributed by atoms with Crippen LogP contribution < -0.4 is 11.5 Å². The van der Waals surface area contributed by atoms with Crippen molar-refractivity contribution in [3.8, 4) is 22.8 Å². The lowest BCUT2D eigenvalue weighted by molar-refractivity contribution is 0.100. The van der Waals surface area contributed by atoms with Gasteiger partial charge in [0.05, 0.1) is 6.54 Å². The van der Waals surface area contributed by atoms with Crippen molar-refractivity contribution in [2.24, 2.45) is 11.5 Å². The molecule has 0 aliphatic heterocycles. The number of Topliss-reactive ketones (excluding diaryl/α,β-unsaturated/α-hetero) is 1. The zero-order valence-corrected chi connectivity index (χ0v) is 24.7. The molecule has 200 valence electrons. The number of aromatic amines is 1. The van der Waals surface area contributed by atoms with Crippen LogP contribution in [0.3, 0.4) is 0 Å². The van der Waals surface area contributed by atoms with Gasteiger partial charge in [0, 0.05) is 31.2 Å². The Labute approximate surface area is 250 Å². The number of halogens is 3. The first-order valence-corrected chi connectivity index (χ1v) is 13.1. The first-order chi connectivity index (χ1) is 18.4. The zero-order valence-electron chi connectivity index (χ0n) is 20.7. The van der Waals surface area contributed by atoms with Gasteiger partial charge in [0.25, 0.3) is 0 Å². The molecular weight excluding hydrogens is 644 g/mol. The summed E-state index contributed by atoms with van der Waals surface area (Å²) in [5.74, 6) is 1.59. The average Bonchev–Trinajstić information content (AvgIpc) is 3.46. The van der Waals surface area contributed by atoms with Crippen LogP contribution in [0.2, 0.25) is 0 Å². The van der Waals surface area contributed by atoms with E-state index in [4.69, 9.17) is 16.9 Å². The van der Waals surface area contributed by atoms with Gasteiger partial charge in [0.1, 0.15) is 5.84 Å². The molecule has 6 N–H and O–H groups in total. The highest BCUT2D eigenvalue weighted by molar-refractivity contribution is 9.10. The smallest absolute Gasteiger partial charge is 0.181 e. The molecule has 0 saturated carbocycles. The molecule has 5 rings (SSSR count). The Hall–Kier alpha value is -3.63. The van der Waals surface area contributed by atoms with Crippen LogP contribution in [0.25, 0.3) is 22.8 Å². The third kappa shape index (κ3) is 10.2. The number of carbonyl (C=O) groups is 1. The van der Waals surface area contributed by atoms with E-state index in [0.717, 1.165) is 31.5 Å². The second kappa shape index (κ2) is 16.4. The van der Waals surface area contributed by atoms with E-state index in [-0.39, 0.29) is 30.6 Å². The lowest BCUT2D eigenvalue weighted by Gasteiger charge is -1.96. The number of hydrogen-bond acceptors (Lipinski definition) is 5. The van der Waals surface area contributed by atoms with E-state index in [2.05, 4.69) is 47.0 Å². The lowest BCUT2D eigenvalue weighted by Crippen LogP contribution is -2.13. The number of aromatic nitrogens is 3. The minimum Gasteiger partial charge on any atom is -0.384 e. The molecule has 1 aromatic heterocycles. The second-order valence-corrected chi connectivity index (χ2v) is 9.63. The van der Waals surface area contributed by atoms with Gasteiger partial charge in [0.2, 0.25) is 0 Å². The summed E-state index contributed by atoms with van der Waals surface area (Å²) in [6.07, 6.45) is 0. The molecule has 0 aliphatic carbocycles. The third-order valence-electron chi connectivity index (χ3n) is 5.07. The molecule has 0 unspecified atom stereocenters. The van der Waals surface area contributed by atoms with Crippen LogP contribution in [0.15, 0.2) is 118 Å². The number of benzene rings is 4. The van der Waals surface area contributed by atoms with Gasteiger partial charge in [-0.2, -0.15) is 5.10 Å². The molecule has 0 radical (unpaired) electrons. The molecule has 7 nitrogen and oxygen atoms in total. The van der Waals surface area contributed by atoms with Crippen LogP contribution in [0, 0.1) is 5.41 Å². The molecule has 0 fully saturated rings. The van der Waals surface area contributed by atoms with Crippen molar-refractivity contribution in [1.82, 2.24) is 15.2 Å². The lowest BCUT2D eigenvalue weighted by atomic mass is 10.1. The van der Waals surface area contributed by atoms with Crippen LogP contribution in [0.4, 0.5) is 0 Å². The molecule has 0 aliphatic rings. The molecule has 0 saturated heterocycles. The Balaban J connectivity index is 0.000000219. The summed E-state index contributed by atoms with van der Waals surface area (Å²) in [4.78, 5) is 15.5. The molecule has 1 heterocycles. The third-order valence-corrected chi connectivity index (χ3v) is 6.13. The van der Waals surface area contributed by atoms with Gasteiger partial charge in [-0.15, -0.1) is 12.4 Å². The molecule has 39 heavy (non-hydrogen) atoms. The summed E-state index contributed by atoms with van der Waals surface area (Å²) < 4.78 is 2.01. The highest BCUT2D eigenvalue weighted by Gasteiger charge is 2.07. The number of carbonyl (C=O) groups excluding carboxylic acids is 1. The number of ketones is 1. The first-order valence-electron chi connectivity index (χ1n) is 11.5. The zero-order chi connectivity index (χ0) is 27.3. The molecule has 0 spiro atoms. The molecule has 0 atom stereocenters. The maximum absolute atomic E-state index is 11.0. The van der Waals surface area contributed by atoms with Crippen molar-refractivity contribution in [3.63, 3.8) is 0 Å². The normalized spacial score (nSPS) is 9.62. The summed E-state index contributed by atoms with van der Waals surface area (Å²) in [5, 5.41) is 14.2. The van der Waals surface area contributed by atoms with E-state index in [1.165, 1.54) is 0 Å². The Morgan fingerprint density at radius 1 is 0.744 bits per heavy atom. The van der Waals surface area contributed by atoms with Crippen molar-refractivity contribution in [1.29, 1.82) is 5.41 Å². The van der Waals surface area contributed by atoms with Crippen molar-refractivity contribution in [2.45, 2.75) is 0 Å². The predicted molar refractivity (Wildman–Crippen MR) is 167 cm³/mol. The van der Waals surface area contributed by atoms with Crippen molar-refractivity contribution < 1.29 is 4.79 Å². The maximum Gasteiger partial charge on any atom is 0.181 e. The Morgan fingerprint density at radius 3 is 1.74 bits per heavy atom. The standard InChI is InChI=1S/C14H10BrN3.C8H8BrNO.C7H8N2.ClH/c15-12-8-6-11(7-9-12)14-16-13(17-18-14)10-4-2-1-3-5-10;9-7-3-1-6(2-4-7)8(11)5-10;8-7(9)6-4-2-1-3-5-6;/h1-9H,(H,16,17,18);1-4H,5,10H2;1-5H,(H3,8,9);1H. The van der Waals surface area contributed by atoms with Gasteiger partial charge in [-0.1, -0.05) is 117 Å². The first kappa shape index (κ1) is 31.6. The van der Waals surface area contributed by atoms with Gasteiger partial charge in [-0.05, 0) is 24.3 Å². The molecule has 4 aromatic carbocycles. The van der Waals surface area contributed by atoms with Crippen molar-refractivity contribution >= 4 is 55.9 Å². The number of nitrogens with one attached hydrogen (secondary N) is 2. The SMILES string of the molecule is Brc1ccc(-c2nc(-c3ccccc3)n[nH]2)cc1.Cl.N=C(N)c1ccccc1.NCC(=O)c1ccc(Br)cc1. The van der Waals surface area contributed by atoms with Gasteiger partial charge >= 0.3 is 0 Å². The number of amidine groups is 1. The minimum atomic E-state index is -0.0301. The maximum atomic E-state index is 11.0. The monoisotopic (exact) mass is 668 g/mol. The van der Waals surface area contributed by atoms with Crippen LogP contribution >= 0.6 is 44.3 Å². The topological polar surface area (TPSA) is 135 Å². The Bertz CT molecular complexity index is 1450. The predicted octanol–water partition coefficient (Wildman–Crippen LogP) is 6.88. The van der Waals surface area contributed by atoms with Gasteiger partial charge < -0.3 is 11.5 Å². The number of H-pyrrole nitrogens is 1. The Kier molecular flexibility index (Phi) is 13.2. The summed E-state index contributed by atoms with van der Waals surface area (Å²) in [5.41, 5.74) is 13.8. The van der Waals surface area contributed by atoms with Gasteiger partial charge in [-0.3, -0.25) is 15.3 Å². The summed E-state index contributed by atoms with van der Waals surface area (Å²) in [7, 11) is 0. The highest BCUT2D eigenvalue weighted by atomic mass is 79.9. The summed E-state index contributed by atoms with van der Waals surface area (Å²) in [6.45, 7) is 0.0711. The van der Waals surface area contributed by atoms with Gasteiger partial charge in [0.15, 0.2) is 17.4 Å². The van der Waals surface area contributed by atoms with Gasteiger partial charge in [-0.25, -0.2) is 4.98 Å². The molecule has 0 bridgehead atoms. The number of rotatable bonds is 5. The second-order valence-electron chi connectivity index (χ2n) is 7.79. The fourth-order valence-corrected chi connectivity index (χ4v) is 3.61. The average molecular weight is 671 g/mol. The number of nitrogens with zero attached hydrogens (tertiary/aromatic N) is 2. The van der Waals surface area contributed by atoms with Crippen molar-refractivity contribution in [3.05, 3.63) is 129 Å². The molecule has 5 aromatic rings. The number of nitrogen functional groups attached to an aromatic ring is 1. The van der Waals surface area contributed by atoms with Crippen LogP contribution in [-0.4, -0.2) is 33.3 Å². The summed E-state index contributed by atoms with van der Waals surface area (Å²) >= 11 is 6.69. The number of nitrogens with two attached hydrogens (primary N) is 2. The fourth-order valence-electron chi connectivity index (χ4n) is 3.09. The van der Waals surface area contributed by atoms with E-state index in [9.17, 15) is 4.79 Å². The Morgan fingerprint density at radius 2 is 1.26 bits per heavy atom. The molecule has 0 amide bonds. The quantitative estimate of drug-likeness (QED) is 0.0919. The highest BCUT2D eigenvalue weighted by Crippen LogP contribution is 2.21. The molecule has 10 heteroatoms.